The van der Waals surface area contributed by atoms with Crippen LogP contribution >= 0.6 is 0 Å². The lowest BCUT2D eigenvalue weighted by Gasteiger charge is -2.31. The van der Waals surface area contributed by atoms with E-state index in [0.29, 0.717) is 11.4 Å². The number of nitrogen functional groups attached to an aromatic ring is 1. The standard InChI is InChI=1S/C15H22N2O3/c1-2-19-12-7-9-17(10-8-12)15(18)11-20-14-6-4-3-5-13(14)16/h3-6,12H,2,7-11,16H2,1H3. The number of rotatable bonds is 5. The molecule has 5 nitrogen and oxygen atoms in total. The van der Waals surface area contributed by atoms with Crippen molar-refractivity contribution in [3.05, 3.63) is 24.3 Å². The Hall–Kier alpha value is -1.75. The van der Waals surface area contributed by atoms with Crippen LogP contribution in [0.2, 0.25) is 0 Å². The molecule has 1 amide bonds. The molecule has 0 aliphatic carbocycles. The molecule has 0 aromatic heterocycles. The van der Waals surface area contributed by atoms with Gasteiger partial charge in [0.15, 0.2) is 6.61 Å². The van der Waals surface area contributed by atoms with Crippen LogP contribution in [0.15, 0.2) is 24.3 Å². The summed E-state index contributed by atoms with van der Waals surface area (Å²) in [4.78, 5) is 13.9. The van der Waals surface area contributed by atoms with Gasteiger partial charge < -0.3 is 20.1 Å². The summed E-state index contributed by atoms with van der Waals surface area (Å²) in [5, 5.41) is 0. The van der Waals surface area contributed by atoms with Gasteiger partial charge in [0.25, 0.3) is 5.91 Å². The van der Waals surface area contributed by atoms with E-state index in [1.54, 1.807) is 12.1 Å². The molecule has 0 spiro atoms. The van der Waals surface area contributed by atoms with Crippen molar-refractivity contribution in [1.29, 1.82) is 0 Å². The van der Waals surface area contributed by atoms with Crippen LogP contribution in [0.5, 0.6) is 5.75 Å². The summed E-state index contributed by atoms with van der Waals surface area (Å²) >= 11 is 0. The maximum atomic E-state index is 12.1. The van der Waals surface area contributed by atoms with Crippen molar-refractivity contribution in [1.82, 2.24) is 4.90 Å². The number of nitrogens with zero attached hydrogens (tertiary/aromatic N) is 1. The number of carbonyl (C=O) groups is 1. The number of anilines is 1. The first-order valence-corrected chi connectivity index (χ1v) is 7.07. The molecule has 0 saturated carbocycles. The summed E-state index contributed by atoms with van der Waals surface area (Å²) in [7, 11) is 0. The van der Waals surface area contributed by atoms with E-state index in [1.807, 2.05) is 24.0 Å². The van der Waals surface area contributed by atoms with E-state index in [1.165, 1.54) is 0 Å². The highest BCUT2D eigenvalue weighted by Gasteiger charge is 2.23. The van der Waals surface area contributed by atoms with Crippen LogP contribution in [-0.2, 0) is 9.53 Å². The van der Waals surface area contributed by atoms with E-state index in [4.69, 9.17) is 15.2 Å². The van der Waals surface area contributed by atoms with Crippen molar-refractivity contribution in [2.75, 3.05) is 32.0 Å². The average molecular weight is 278 g/mol. The summed E-state index contributed by atoms with van der Waals surface area (Å²) < 4.78 is 11.0. The third-order valence-electron chi connectivity index (χ3n) is 3.47. The Morgan fingerprint density at radius 2 is 2.05 bits per heavy atom. The van der Waals surface area contributed by atoms with Gasteiger partial charge in [-0.1, -0.05) is 12.1 Å². The van der Waals surface area contributed by atoms with Crippen molar-refractivity contribution in [3.63, 3.8) is 0 Å². The highest BCUT2D eigenvalue weighted by atomic mass is 16.5. The molecule has 1 aromatic carbocycles. The van der Waals surface area contributed by atoms with Crippen molar-refractivity contribution in [3.8, 4) is 5.75 Å². The monoisotopic (exact) mass is 278 g/mol. The second-order valence-corrected chi connectivity index (χ2v) is 4.86. The minimum atomic E-state index is 0.00296. The number of carbonyl (C=O) groups excluding carboxylic acids is 1. The summed E-state index contributed by atoms with van der Waals surface area (Å²) in [6.07, 6.45) is 2.08. The van der Waals surface area contributed by atoms with Gasteiger partial charge in [-0.15, -0.1) is 0 Å². The molecule has 0 unspecified atom stereocenters. The van der Waals surface area contributed by atoms with E-state index in [9.17, 15) is 4.79 Å². The molecule has 1 heterocycles. The van der Waals surface area contributed by atoms with Crippen LogP contribution in [0.3, 0.4) is 0 Å². The normalized spacial score (nSPS) is 16.1. The molecule has 0 radical (unpaired) electrons. The zero-order chi connectivity index (χ0) is 14.4. The number of ether oxygens (including phenoxy) is 2. The van der Waals surface area contributed by atoms with E-state index in [2.05, 4.69) is 0 Å². The van der Waals surface area contributed by atoms with Crippen LogP contribution in [0.4, 0.5) is 5.69 Å². The lowest BCUT2D eigenvalue weighted by atomic mass is 10.1. The van der Waals surface area contributed by atoms with Gasteiger partial charge in [-0.3, -0.25) is 4.79 Å². The highest BCUT2D eigenvalue weighted by Crippen LogP contribution is 2.20. The predicted octanol–water partition coefficient (Wildman–Crippen LogP) is 1.68. The molecule has 1 aliphatic rings. The fourth-order valence-corrected chi connectivity index (χ4v) is 2.35. The van der Waals surface area contributed by atoms with Crippen LogP contribution in [0.25, 0.3) is 0 Å². The molecule has 2 N–H and O–H groups in total. The van der Waals surface area contributed by atoms with E-state index < -0.39 is 0 Å². The number of hydrogen-bond acceptors (Lipinski definition) is 4. The molecule has 110 valence electrons. The number of likely N-dealkylation sites (tertiary alicyclic amines) is 1. The van der Waals surface area contributed by atoms with Crippen molar-refractivity contribution in [2.24, 2.45) is 0 Å². The van der Waals surface area contributed by atoms with Crippen LogP contribution in [-0.4, -0.2) is 43.2 Å². The Balaban J connectivity index is 1.77. The predicted molar refractivity (Wildman–Crippen MR) is 77.6 cm³/mol. The molecule has 1 saturated heterocycles. The number of para-hydroxylation sites is 2. The number of amides is 1. The van der Waals surface area contributed by atoms with Crippen molar-refractivity contribution >= 4 is 11.6 Å². The van der Waals surface area contributed by atoms with Crippen molar-refractivity contribution in [2.45, 2.75) is 25.9 Å². The molecular formula is C15H22N2O3. The van der Waals surface area contributed by atoms with Gasteiger partial charge in [0.1, 0.15) is 5.75 Å². The van der Waals surface area contributed by atoms with Gasteiger partial charge in [0, 0.05) is 19.7 Å². The summed E-state index contributed by atoms with van der Waals surface area (Å²) in [5.41, 5.74) is 6.32. The van der Waals surface area contributed by atoms with Crippen LogP contribution in [0, 0.1) is 0 Å². The van der Waals surface area contributed by atoms with Gasteiger partial charge in [-0.2, -0.15) is 0 Å². The zero-order valence-electron chi connectivity index (χ0n) is 11.9. The van der Waals surface area contributed by atoms with E-state index in [-0.39, 0.29) is 18.6 Å². The third kappa shape index (κ3) is 3.87. The minimum Gasteiger partial charge on any atom is -0.482 e. The van der Waals surface area contributed by atoms with Crippen LogP contribution < -0.4 is 10.5 Å². The van der Waals surface area contributed by atoms with Gasteiger partial charge in [-0.05, 0) is 31.9 Å². The van der Waals surface area contributed by atoms with Gasteiger partial charge >= 0.3 is 0 Å². The first kappa shape index (κ1) is 14.7. The molecule has 2 rings (SSSR count). The molecule has 0 atom stereocenters. The Morgan fingerprint density at radius 3 is 2.70 bits per heavy atom. The SMILES string of the molecule is CCOC1CCN(C(=O)COc2ccccc2N)CC1. The van der Waals surface area contributed by atoms with E-state index >= 15 is 0 Å². The smallest absolute Gasteiger partial charge is 0.260 e. The molecule has 0 bridgehead atoms. The second kappa shape index (κ2) is 7.14. The summed E-state index contributed by atoms with van der Waals surface area (Å²) in [5.74, 6) is 0.563. The Kier molecular flexibility index (Phi) is 5.24. The number of benzene rings is 1. The lowest BCUT2D eigenvalue weighted by Crippen LogP contribution is -2.43. The van der Waals surface area contributed by atoms with Gasteiger partial charge in [-0.25, -0.2) is 0 Å². The second-order valence-electron chi connectivity index (χ2n) is 4.86. The fourth-order valence-electron chi connectivity index (χ4n) is 2.35. The maximum Gasteiger partial charge on any atom is 0.260 e. The molecule has 20 heavy (non-hydrogen) atoms. The van der Waals surface area contributed by atoms with Crippen molar-refractivity contribution < 1.29 is 14.3 Å². The highest BCUT2D eigenvalue weighted by molar-refractivity contribution is 5.78. The minimum absolute atomic E-state index is 0.00296. The zero-order valence-corrected chi connectivity index (χ0v) is 11.9. The van der Waals surface area contributed by atoms with E-state index in [0.717, 1.165) is 32.5 Å². The Morgan fingerprint density at radius 1 is 1.35 bits per heavy atom. The fraction of sp³-hybridized carbons (Fsp3) is 0.533. The first-order valence-electron chi connectivity index (χ1n) is 7.07. The molecule has 1 aliphatic heterocycles. The Labute approximate surface area is 119 Å². The number of hydrogen-bond donors (Lipinski definition) is 1. The first-order chi connectivity index (χ1) is 9.70. The summed E-state index contributed by atoms with van der Waals surface area (Å²) in [6.45, 7) is 4.23. The van der Waals surface area contributed by atoms with Gasteiger partial charge in [0.05, 0.1) is 11.8 Å². The third-order valence-corrected chi connectivity index (χ3v) is 3.47. The maximum absolute atomic E-state index is 12.1. The Bertz CT molecular complexity index is 442. The van der Waals surface area contributed by atoms with Gasteiger partial charge in [0.2, 0.25) is 0 Å². The lowest BCUT2D eigenvalue weighted by molar-refractivity contribution is -0.135. The number of nitrogens with two attached hydrogens (primary N) is 1. The molecule has 1 aromatic rings. The average Bonchev–Trinajstić information content (AvgIpc) is 2.47. The summed E-state index contributed by atoms with van der Waals surface area (Å²) in [6, 6.07) is 7.20. The van der Waals surface area contributed by atoms with Crippen LogP contribution in [0.1, 0.15) is 19.8 Å². The molecule has 1 fully saturated rings. The quantitative estimate of drug-likeness (QED) is 0.832. The largest absolute Gasteiger partial charge is 0.482 e. The number of piperidine rings is 1. The molecule has 5 heteroatoms. The topological polar surface area (TPSA) is 64.8 Å². The molecular weight excluding hydrogens is 256 g/mol.